The zero-order valence-electron chi connectivity index (χ0n) is 14.2. The highest BCUT2D eigenvalue weighted by molar-refractivity contribution is 7.15. The van der Waals surface area contributed by atoms with Gasteiger partial charge in [0.1, 0.15) is 10.9 Å². The first-order chi connectivity index (χ1) is 12.5. The van der Waals surface area contributed by atoms with Crippen molar-refractivity contribution in [1.82, 2.24) is 10.2 Å². The Morgan fingerprint density at radius 1 is 1.04 bits per heavy atom. The highest BCUT2D eigenvalue weighted by Crippen LogP contribution is 2.18. The molecule has 0 aliphatic carbocycles. The number of rotatable bonds is 6. The lowest BCUT2D eigenvalue weighted by Crippen LogP contribution is -2.48. The Morgan fingerprint density at radius 3 is 2.31 bits per heavy atom. The number of carboxylic acid groups (broad SMARTS) is 1. The van der Waals surface area contributed by atoms with Gasteiger partial charge in [0.05, 0.1) is 4.88 Å². The summed E-state index contributed by atoms with van der Waals surface area (Å²) in [5.74, 6) is -1.58. The Balaban J connectivity index is 1.76. The summed E-state index contributed by atoms with van der Waals surface area (Å²) in [6.45, 7) is 1.42. The number of carbonyl (C=O) groups is 3. The fraction of sp³-hybridized carbons (Fsp3) is 0.316. The van der Waals surface area contributed by atoms with Gasteiger partial charge < -0.3 is 15.3 Å². The normalized spacial score (nSPS) is 14.8. The van der Waals surface area contributed by atoms with Crippen LogP contribution in [0.3, 0.4) is 0 Å². The smallest absolute Gasteiger partial charge is 0.345 e. The van der Waals surface area contributed by atoms with Crippen molar-refractivity contribution in [2.75, 3.05) is 13.1 Å². The van der Waals surface area contributed by atoms with Gasteiger partial charge in [-0.3, -0.25) is 9.59 Å². The average molecular weight is 372 g/mol. The maximum atomic E-state index is 12.9. The molecule has 1 saturated heterocycles. The molecule has 3 rings (SSSR count). The summed E-state index contributed by atoms with van der Waals surface area (Å²) in [4.78, 5) is 38.6. The van der Waals surface area contributed by atoms with Gasteiger partial charge in [-0.15, -0.1) is 11.3 Å². The zero-order valence-corrected chi connectivity index (χ0v) is 15.0. The molecule has 2 amide bonds. The van der Waals surface area contributed by atoms with E-state index in [9.17, 15) is 14.4 Å². The molecule has 6 nitrogen and oxygen atoms in total. The lowest BCUT2D eigenvalue weighted by molar-refractivity contribution is -0.132. The number of aromatic carboxylic acids is 1. The molecule has 2 N–H and O–H groups in total. The van der Waals surface area contributed by atoms with E-state index in [1.165, 1.54) is 12.1 Å². The molecule has 7 heteroatoms. The summed E-state index contributed by atoms with van der Waals surface area (Å²) in [5.41, 5.74) is 0.961. The Kier molecular flexibility index (Phi) is 5.68. The first-order valence-corrected chi connectivity index (χ1v) is 9.33. The van der Waals surface area contributed by atoms with E-state index < -0.39 is 17.9 Å². The van der Waals surface area contributed by atoms with Crippen molar-refractivity contribution >= 4 is 29.1 Å². The lowest BCUT2D eigenvalue weighted by atomic mass is 10.0. The van der Waals surface area contributed by atoms with Gasteiger partial charge in [0.15, 0.2) is 0 Å². The monoisotopic (exact) mass is 372 g/mol. The summed E-state index contributed by atoms with van der Waals surface area (Å²) in [6.07, 6.45) is 2.36. The van der Waals surface area contributed by atoms with Crippen LogP contribution in [-0.2, 0) is 11.2 Å². The fourth-order valence-electron chi connectivity index (χ4n) is 3.01. The molecule has 1 aromatic heterocycles. The van der Waals surface area contributed by atoms with Crippen LogP contribution in [0.4, 0.5) is 0 Å². The van der Waals surface area contributed by atoms with E-state index in [2.05, 4.69) is 5.32 Å². The van der Waals surface area contributed by atoms with Crippen LogP contribution in [0.1, 0.15) is 37.7 Å². The van der Waals surface area contributed by atoms with Crippen molar-refractivity contribution in [2.24, 2.45) is 0 Å². The van der Waals surface area contributed by atoms with Gasteiger partial charge in [0.2, 0.25) is 5.91 Å². The number of carboxylic acids is 1. The SMILES string of the molecule is O=C(O)c1ccc(C(=O)NC(Cc2ccccc2)C(=O)N2CCCC2)s1. The standard InChI is InChI=1S/C19H20N2O4S/c22-17(15-8-9-16(26-15)19(24)25)20-14(12-13-6-2-1-3-7-13)18(23)21-10-4-5-11-21/h1-3,6-9,14H,4-5,10-12H2,(H,20,22)(H,24,25). The van der Waals surface area contributed by atoms with Crippen LogP contribution < -0.4 is 5.32 Å². The predicted octanol–water partition coefficient (Wildman–Crippen LogP) is 2.41. The van der Waals surface area contributed by atoms with Crippen molar-refractivity contribution in [3.63, 3.8) is 0 Å². The minimum Gasteiger partial charge on any atom is -0.477 e. The number of nitrogens with one attached hydrogen (secondary N) is 1. The molecule has 1 fully saturated rings. The van der Waals surface area contributed by atoms with E-state index in [0.717, 1.165) is 29.7 Å². The van der Waals surface area contributed by atoms with E-state index >= 15 is 0 Å². The second-order valence-electron chi connectivity index (χ2n) is 6.22. The molecule has 1 aliphatic rings. The van der Waals surface area contributed by atoms with Crippen LogP contribution in [0.2, 0.25) is 0 Å². The van der Waals surface area contributed by atoms with Crippen LogP contribution in [0.25, 0.3) is 0 Å². The minimum absolute atomic E-state index is 0.0882. The Hall–Kier alpha value is -2.67. The summed E-state index contributed by atoms with van der Waals surface area (Å²) >= 11 is 0.905. The predicted molar refractivity (Wildman–Crippen MR) is 98.5 cm³/mol. The Labute approximate surface area is 155 Å². The van der Waals surface area contributed by atoms with Crippen LogP contribution in [0, 0.1) is 0 Å². The van der Waals surface area contributed by atoms with Crippen LogP contribution in [-0.4, -0.2) is 46.9 Å². The summed E-state index contributed by atoms with van der Waals surface area (Å²) in [5, 5.41) is 11.8. The number of likely N-dealkylation sites (tertiary alicyclic amines) is 1. The maximum Gasteiger partial charge on any atom is 0.345 e. The van der Waals surface area contributed by atoms with Crippen molar-refractivity contribution in [3.8, 4) is 0 Å². The Bertz CT molecular complexity index is 797. The van der Waals surface area contributed by atoms with Gasteiger partial charge in [-0.05, 0) is 30.5 Å². The molecule has 1 aromatic carbocycles. The van der Waals surface area contributed by atoms with Crippen molar-refractivity contribution < 1.29 is 19.5 Å². The lowest BCUT2D eigenvalue weighted by Gasteiger charge is -2.24. The maximum absolute atomic E-state index is 12.9. The van der Waals surface area contributed by atoms with Crippen LogP contribution >= 0.6 is 11.3 Å². The largest absolute Gasteiger partial charge is 0.477 e. The second-order valence-corrected chi connectivity index (χ2v) is 7.30. The van der Waals surface area contributed by atoms with Crippen molar-refractivity contribution in [1.29, 1.82) is 0 Å². The van der Waals surface area contributed by atoms with E-state index in [4.69, 9.17) is 5.11 Å². The minimum atomic E-state index is -1.07. The molecular weight excluding hydrogens is 352 g/mol. The topological polar surface area (TPSA) is 86.7 Å². The molecule has 2 heterocycles. The number of nitrogens with zero attached hydrogens (tertiary/aromatic N) is 1. The van der Waals surface area contributed by atoms with E-state index in [1.807, 2.05) is 30.3 Å². The third-order valence-electron chi connectivity index (χ3n) is 4.34. The fourth-order valence-corrected chi connectivity index (χ4v) is 3.76. The molecule has 0 saturated carbocycles. The number of thiophene rings is 1. The van der Waals surface area contributed by atoms with Crippen molar-refractivity contribution in [2.45, 2.75) is 25.3 Å². The van der Waals surface area contributed by atoms with Gasteiger partial charge >= 0.3 is 5.97 Å². The summed E-state index contributed by atoms with van der Waals surface area (Å²) in [6, 6.07) is 11.7. The number of hydrogen-bond donors (Lipinski definition) is 2. The van der Waals surface area contributed by atoms with E-state index in [1.54, 1.807) is 4.90 Å². The highest BCUT2D eigenvalue weighted by Gasteiger charge is 2.28. The first kappa shape index (κ1) is 18.1. The third kappa shape index (κ3) is 4.29. The van der Waals surface area contributed by atoms with E-state index in [-0.39, 0.29) is 15.7 Å². The quantitative estimate of drug-likeness (QED) is 0.815. The summed E-state index contributed by atoms with van der Waals surface area (Å²) in [7, 11) is 0. The number of amides is 2. The molecule has 0 radical (unpaired) electrons. The van der Waals surface area contributed by atoms with Gasteiger partial charge in [-0.25, -0.2) is 4.79 Å². The second kappa shape index (κ2) is 8.14. The van der Waals surface area contributed by atoms with Gasteiger partial charge in [-0.2, -0.15) is 0 Å². The molecular formula is C19H20N2O4S. The number of carbonyl (C=O) groups excluding carboxylic acids is 2. The van der Waals surface area contributed by atoms with Gasteiger partial charge in [0.25, 0.3) is 5.91 Å². The van der Waals surface area contributed by atoms with Crippen LogP contribution in [0.5, 0.6) is 0 Å². The molecule has 1 aliphatic heterocycles. The van der Waals surface area contributed by atoms with E-state index in [0.29, 0.717) is 19.5 Å². The highest BCUT2D eigenvalue weighted by atomic mass is 32.1. The zero-order chi connectivity index (χ0) is 18.5. The molecule has 0 bridgehead atoms. The first-order valence-electron chi connectivity index (χ1n) is 8.51. The molecule has 2 aromatic rings. The third-order valence-corrected chi connectivity index (χ3v) is 5.42. The van der Waals surface area contributed by atoms with Gasteiger partial charge in [0, 0.05) is 19.5 Å². The van der Waals surface area contributed by atoms with Gasteiger partial charge in [-0.1, -0.05) is 30.3 Å². The number of benzene rings is 1. The summed E-state index contributed by atoms with van der Waals surface area (Å²) < 4.78 is 0. The number of hydrogen-bond acceptors (Lipinski definition) is 4. The Morgan fingerprint density at radius 2 is 1.69 bits per heavy atom. The van der Waals surface area contributed by atoms with Crippen LogP contribution in [0.15, 0.2) is 42.5 Å². The molecule has 1 atom stereocenters. The van der Waals surface area contributed by atoms with Crippen molar-refractivity contribution in [3.05, 3.63) is 57.8 Å². The average Bonchev–Trinajstić information content (AvgIpc) is 3.33. The molecule has 0 spiro atoms. The molecule has 26 heavy (non-hydrogen) atoms. The molecule has 136 valence electrons. The molecule has 1 unspecified atom stereocenters.